The molecular weight excluding hydrogens is 375 g/mol. The van der Waals surface area contributed by atoms with Crippen molar-refractivity contribution in [2.75, 3.05) is 6.54 Å². The third-order valence-electron chi connectivity index (χ3n) is 2.13. The topological polar surface area (TPSA) is 90.1 Å². The SMILES string of the molecule is O=C(Cn1cc(Br)nc1[N+](=O)[O-])NCC(F)(F)C(F)(F)F. The van der Waals surface area contributed by atoms with Crippen LogP contribution >= 0.6 is 15.9 Å². The number of hydrogen-bond donors (Lipinski definition) is 1. The fraction of sp³-hybridized carbons (Fsp3) is 0.500. The first kappa shape index (κ1) is 17.3. The molecule has 1 aromatic rings. The summed E-state index contributed by atoms with van der Waals surface area (Å²) in [5, 5.41) is 11.9. The molecule has 0 aliphatic rings. The van der Waals surface area contributed by atoms with Crippen LogP contribution in [0.25, 0.3) is 0 Å². The summed E-state index contributed by atoms with van der Waals surface area (Å²) in [6.07, 6.45) is -4.79. The molecule has 0 fully saturated rings. The third-order valence-corrected chi connectivity index (χ3v) is 2.51. The zero-order valence-electron chi connectivity index (χ0n) is 9.83. The normalized spacial score (nSPS) is 12.3. The second kappa shape index (κ2) is 5.91. The van der Waals surface area contributed by atoms with Gasteiger partial charge in [0.1, 0.15) is 6.20 Å². The van der Waals surface area contributed by atoms with E-state index in [1.165, 1.54) is 5.32 Å². The van der Waals surface area contributed by atoms with Crippen molar-refractivity contribution in [3.05, 3.63) is 20.9 Å². The van der Waals surface area contributed by atoms with Gasteiger partial charge in [0, 0.05) is 0 Å². The summed E-state index contributed by atoms with van der Waals surface area (Å²) >= 11 is 2.80. The van der Waals surface area contributed by atoms with E-state index in [0.29, 0.717) is 4.57 Å². The molecule has 0 aromatic carbocycles. The molecule has 1 aromatic heterocycles. The molecule has 0 aliphatic carbocycles. The van der Waals surface area contributed by atoms with Crippen molar-refractivity contribution < 1.29 is 31.7 Å². The summed E-state index contributed by atoms with van der Waals surface area (Å²) in [5.74, 6) is -7.11. The highest BCUT2D eigenvalue weighted by molar-refractivity contribution is 9.10. The molecule has 1 amide bonds. The molecule has 0 atom stereocenters. The van der Waals surface area contributed by atoms with Gasteiger partial charge in [-0.25, -0.2) is 4.57 Å². The van der Waals surface area contributed by atoms with E-state index in [2.05, 4.69) is 20.9 Å². The molecule has 21 heavy (non-hydrogen) atoms. The Morgan fingerprint density at radius 3 is 2.48 bits per heavy atom. The van der Waals surface area contributed by atoms with Crippen LogP contribution < -0.4 is 5.32 Å². The van der Waals surface area contributed by atoms with Crippen LogP contribution in [0.1, 0.15) is 0 Å². The average Bonchev–Trinajstić information content (AvgIpc) is 2.66. The lowest BCUT2D eigenvalue weighted by Gasteiger charge is -2.19. The molecule has 0 unspecified atom stereocenters. The van der Waals surface area contributed by atoms with E-state index >= 15 is 0 Å². The van der Waals surface area contributed by atoms with Crippen molar-refractivity contribution in [3.8, 4) is 0 Å². The van der Waals surface area contributed by atoms with Crippen LogP contribution in [0.2, 0.25) is 0 Å². The number of imidazole rings is 1. The summed E-state index contributed by atoms with van der Waals surface area (Å²) < 4.78 is 61.4. The van der Waals surface area contributed by atoms with E-state index in [9.17, 15) is 36.9 Å². The molecule has 7 nitrogen and oxygen atoms in total. The van der Waals surface area contributed by atoms with Gasteiger partial charge in [-0.3, -0.25) is 4.79 Å². The maximum absolute atomic E-state index is 12.6. The maximum atomic E-state index is 12.6. The minimum absolute atomic E-state index is 0.00243. The Balaban J connectivity index is 2.69. The van der Waals surface area contributed by atoms with Crippen molar-refractivity contribution in [1.29, 1.82) is 0 Å². The fourth-order valence-corrected chi connectivity index (χ4v) is 1.56. The maximum Gasteiger partial charge on any atom is 0.455 e. The number of carbonyl (C=O) groups is 1. The van der Waals surface area contributed by atoms with Crippen molar-refractivity contribution in [1.82, 2.24) is 14.9 Å². The van der Waals surface area contributed by atoms with Crippen LogP contribution in [0.3, 0.4) is 0 Å². The van der Waals surface area contributed by atoms with Crippen molar-refractivity contribution >= 4 is 27.8 Å². The summed E-state index contributed by atoms with van der Waals surface area (Å²) in [6, 6.07) is 0. The van der Waals surface area contributed by atoms with Crippen molar-refractivity contribution in [2.45, 2.75) is 18.6 Å². The number of hydrogen-bond acceptors (Lipinski definition) is 4. The number of amides is 1. The number of nitrogens with one attached hydrogen (secondary N) is 1. The van der Waals surface area contributed by atoms with Crippen LogP contribution in [0, 0.1) is 10.1 Å². The first-order valence-electron chi connectivity index (χ1n) is 5.02. The summed E-state index contributed by atoms with van der Waals surface area (Å²) in [7, 11) is 0. The van der Waals surface area contributed by atoms with Crippen LogP contribution in [0.5, 0.6) is 0 Å². The zero-order chi connectivity index (χ0) is 16.4. The lowest BCUT2D eigenvalue weighted by molar-refractivity contribution is -0.396. The number of halogens is 6. The first-order chi connectivity index (χ1) is 9.44. The van der Waals surface area contributed by atoms with Crippen LogP contribution in [0.4, 0.5) is 27.9 Å². The summed E-state index contributed by atoms with van der Waals surface area (Å²) in [4.78, 5) is 24.3. The number of rotatable bonds is 5. The van der Waals surface area contributed by atoms with E-state index in [1.807, 2.05) is 0 Å². The minimum Gasteiger partial charge on any atom is -0.390 e. The lowest BCUT2D eigenvalue weighted by Crippen LogP contribution is -2.47. The van der Waals surface area contributed by atoms with Crippen LogP contribution in [-0.4, -0.2) is 39.0 Å². The van der Waals surface area contributed by atoms with Gasteiger partial charge in [-0.15, -0.1) is 0 Å². The minimum atomic E-state index is -5.80. The number of nitrogens with zero attached hydrogens (tertiary/aromatic N) is 3. The largest absolute Gasteiger partial charge is 0.455 e. The van der Waals surface area contributed by atoms with E-state index in [1.54, 1.807) is 0 Å². The molecular formula is C8H6BrF5N4O3. The monoisotopic (exact) mass is 380 g/mol. The number of aromatic nitrogens is 2. The average molecular weight is 381 g/mol. The second-order valence-corrected chi connectivity index (χ2v) is 4.54. The fourth-order valence-electron chi connectivity index (χ4n) is 1.16. The Kier molecular flexibility index (Phi) is 4.86. The van der Waals surface area contributed by atoms with Gasteiger partial charge in [0.05, 0.1) is 6.54 Å². The Morgan fingerprint density at radius 2 is 2.00 bits per heavy atom. The van der Waals surface area contributed by atoms with E-state index in [4.69, 9.17) is 0 Å². The molecule has 118 valence electrons. The Bertz CT molecular complexity index is 559. The molecule has 0 radical (unpaired) electrons. The van der Waals surface area contributed by atoms with Gasteiger partial charge in [0.25, 0.3) is 5.91 Å². The molecule has 13 heteroatoms. The van der Waals surface area contributed by atoms with Gasteiger partial charge in [-0.1, -0.05) is 4.98 Å². The number of alkyl halides is 5. The Labute approximate surface area is 121 Å². The molecule has 1 heterocycles. The predicted octanol–water partition coefficient (Wildman–Crippen LogP) is 1.87. The van der Waals surface area contributed by atoms with Gasteiger partial charge >= 0.3 is 18.0 Å². The number of carbonyl (C=O) groups excluding carboxylic acids is 1. The van der Waals surface area contributed by atoms with Gasteiger partial charge < -0.3 is 15.4 Å². The first-order valence-corrected chi connectivity index (χ1v) is 5.81. The van der Waals surface area contributed by atoms with Gasteiger partial charge in [0.15, 0.2) is 6.54 Å². The smallest absolute Gasteiger partial charge is 0.390 e. The van der Waals surface area contributed by atoms with E-state index < -0.39 is 42.0 Å². The predicted molar refractivity (Wildman–Crippen MR) is 60.6 cm³/mol. The second-order valence-electron chi connectivity index (χ2n) is 3.73. The van der Waals surface area contributed by atoms with Crippen LogP contribution in [-0.2, 0) is 11.3 Å². The molecule has 0 saturated heterocycles. The summed E-state index contributed by atoms with van der Waals surface area (Å²) in [5.41, 5.74) is 0. The zero-order valence-corrected chi connectivity index (χ0v) is 11.4. The lowest BCUT2D eigenvalue weighted by atomic mass is 10.3. The van der Waals surface area contributed by atoms with E-state index in [0.717, 1.165) is 6.20 Å². The Morgan fingerprint density at radius 1 is 1.43 bits per heavy atom. The molecule has 0 spiro atoms. The highest BCUT2D eigenvalue weighted by Gasteiger charge is 2.57. The summed E-state index contributed by atoms with van der Waals surface area (Å²) in [6.45, 7) is -2.79. The van der Waals surface area contributed by atoms with Gasteiger partial charge in [-0.05, 0) is 20.9 Å². The van der Waals surface area contributed by atoms with Gasteiger partial charge in [-0.2, -0.15) is 22.0 Å². The quantitative estimate of drug-likeness (QED) is 0.479. The molecule has 0 aliphatic heterocycles. The van der Waals surface area contributed by atoms with Crippen molar-refractivity contribution in [2.24, 2.45) is 0 Å². The van der Waals surface area contributed by atoms with Gasteiger partial charge in [0.2, 0.25) is 4.60 Å². The molecule has 0 bridgehead atoms. The molecule has 1 N–H and O–H groups in total. The van der Waals surface area contributed by atoms with Crippen molar-refractivity contribution in [3.63, 3.8) is 0 Å². The standard InChI is InChI=1S/C8H6BrF5N4O3/c9-4-1-17(6(16-4)18(20)21)2-5(19)15-3-7(10,11)8(12,13)14/h1H,2-3H2,(H,15,19). The highest BCUT2D eigenvalue weighted by atomic mass is 79.9. The highest BCUT2D eigenvalue weighted by Crippen LogP contribution is 2.34. The van der Waals surface area contributed by atoms with E-state index in [-0.39, 0.29) is 4.60 Å². The molecule has 1 rings (SSSR count). The van der Waals surface area contributed by atoms with Crippen LogP contribution in [0.15, 0.2) is 10.8 Å². The third kappa shape index (κ3) is 4.34. The Hall–Kier alpha value is -1.79. The number of nitro groups is 1. The molecule has 0 saturated carbocycles.